The van der Waals surface area contributed by atoms with Crippen molar-refractivity contribution in [3.63, 3.8) is 0 Å². The van der Waals surface area contributed by atoms with Crippen molar-refractivity contribution < 1.29 is 27.9 Å². The average Bonchev–Trinajstić information content (AvgIpc) is 2.57. The van der Waals surface area contributed by atoms with Crippen LogP contribution in [0.4, 0.5) is 24.7 Å². The molecule has 0 aliphatic rings. The molecule has 1 heterocycles. The van der Waals surface area contributed by atoms with Gasteiger partial charge in [-0.1, -0.05) is 13.8 Å². The van der Waals surface area contributed by atoms with Gasteiger partial charge in [-0.15, -0.1) is 0 Å². The van der Waals surface area contributed by atoms with Gasteiger partial charge in [0.1, 0.15) is 28.8 Å². The van der Waals surface area contributed by atoms with E-state index in [4.69, 9.17) is 5.11 Å². The Labute approximate surface area is 153 Å². The Kier molecular flexibility index (Phi) is 5.99. The molecule has 0 saturated heterocycles. The third-order valence-corrected chi connectivity index (χ3v) is 3.75. The molecular weight excluding hydrogens is 361 g/mol. The van der Waals surface area contributed by atoms with Gasteiger partial charge in [0, 0.05) is 12.3 Å². The van der Waals surface area contributed by atoms with Crippen LogP contribution in [0.3, 0.4) is 0 Å². The Morgan fingerprint density at radius 1 is 1.19 bits per heavy atom. The van der Waals surface area contributed by atoms with Crippen LogP contribution in [-0.2, 0) is 9.59 Å². The minimum atomic E-state index is -1.54. The number of carbonyl (C=O) groups is 2. The van der Waals surface area contributed by atoms with Crippen molar-refractivity contribution in [3.05, 3.63) is 64.7 Å². The Morgan fingerprint density at radius 2 is 1.85 bits per heavy atom. The molecule has 142 valence electrons. The molecule has 0 aliphatic carbocycles. The van der Waals surface area contributed by atoms with E-state index in [1.165, 1.54) is 13.0 Å². The largest absolute Gasteiger partial charge is 0.478 e. The highest BCUT2D eigenvalue weighted by molar-refractivity contribution is 6.07. The van der Waals surface area contributed by atoms with E-state index in [1.54, 1.807) is 13.8 Å². The molecule has 0 atom stereocenters. The molecule has 0 radical (unpaired) electrons. The maximum atomic E-state index is 14.4. The monoisotopic (exact) mass is 378 g/mol. The zero-order valence-corrected chi connectivity index (χ0v) is 14.8. The number of aldehydes is 1. The molecule has 8 heteroatoms. The van der Waals surface area contributed by atoms with Gasteiger partial charge in [0.05, 0.1) is 11.4 Å². The van der Waals surface area contributed by atoms with E-state index in [0.717, 1.165) is 23.2 Å². The fourth-order valence-electron chi connectivity index (χ4n) is 2.43. The van der Waals surface area contributed by atoms with Gasteiger partial charge in [0.25, 0.3) is 0 Å². The van der Waals surface area contributed by atoms with E-state index in [0.29, 0.717) is 6.07 Å². The van der Waals surface area contributed by atoms with E-state index in [1.807, 2.05) is 0 Å². The summed E-state index contributed by atoms with van der Waals surface area (Å²) in [5.41, 5.74) is -0.573. The second kappa shape index (κ2) is 8.03. The molecule has 1 aromatic heterocycles. The normalized spacial score (nSPS) is 11.6. The number of aliphatic carboxylic acids is 1. The number of halogens is 3. The molecule has 2 rings (SSSR count). The average molecular weight is 378 g/mol. The predicted molar refractivity (Wildman–Crippen MR) is 93.3 cm³/mol. The number of hydrogen-bond acceptors (Lipinski definition) is 4. The summed E-state index contributed by atoms with van der Waals surface area (Å²) in [4.78, 5) is 27.5. The van der Waals surface area contributed by atoms with Crippen LogP contribution in [0.25, 0.3) is 0 Å². The minimum absolute atomic E-state index is 0.0196. The van der Waals surface area contributed by atoms with Gasteiger partial charge in [-0.25, -0.2) is 22.9 Å². The fourth-order valence-corrected chi connectivity index (χ4v) is 2.43. The highest BCUT2D eigenvalue weighted by Gasteiger charge is 2.21. The van der Waals surface area contributed by atoms with Gasteiger partial charge in [-0.3, -0.25) is 9.69 Å². The van der Waals surface area contributed by atoms with Crippen LogP contribution in [-0.4, -0.2) is 22.3 Å². The van der Waals surface area contributed by atoms with Gasteiger partial charge >= 0.3 is 5.97 Å². The van der Waals surface area contributed by atoms with Gasteiger partial charge in [-0.2, -0.15) is 0 Å². The summed E-state index contributed by atoms with van der Waals surface area (Å²) >= 11 is 0. The van der Waals surface area contributed by atoms with E-state index in [-0.39, 0.29) is 35.0 Å². The van der Waals surface area contributed by atoms with E-state index >= 15 is 0 Å². The fraction of sp³-hybridized carbons (Fsp3) is 0.211. The number of carbonyl (C=O) groups excluding carboxylic acids is 1. The van der Waals surface area contributed by atoms with Crippen molar-refractivity contribution in [2.75, 3.05) is 4.90 Å². The van der Waals surface area contributed by atoms with Gasteiger partial charge in [0.15, 0.2) is 6.29 Å². The Bertz CT molecular complexity index is 927. The first kappa shape index (κ1) is 20.2. The smallest absolute Gasteiger partial charge is 0.340 e. The Hall–Kier alpha value is -3.16. The number of pyridine rings is 1. The van der Waals surface area contributed by atoms with E-state index in [2.05, 4.69) is 4.98 Å². The summed E-state index contributed by atoms with van der Waals surface area (Å²) in [5.74, 6) is -4.23. The quantitative estimate of drug-likeness (QED) is 0.352. The number of hydrogen-bond donors (Lipinski definition) is 1. The van der Waals surface area contributed by atoms with Gasteiger partial charge in [0.2, 0.25) is 0 Å². The molecule has 0 amide bonds. The van der Waals surface area contributed by atoms with E-state index < -0.39 is 29.0 Å². The molecule has 0 unspecified atom stereocenters. The Balaban J connectivity index is 2.79. The van der Waals surface area contributed by atoms with Crippen molar-refractivity contribution in [3.8, 4) is 0 Å². The summed E-state index contributed by atoms with van der Waals surface area (Å²) in [6, 6.07) is 3.84. The maximum absolute atomic E-state index is 14.4. The molecule has 27 heavy (non-hydrogen) atoms. The number of benzene rings is 1. The van der Waals surface area contributed by atoms with Crippen LogP contribution in [0.15, 0.2) is 36.0 Å². The van der Waals surface area contributed by atoms with Crippen LogP contribution in [0, 0.1) is 24.4 Å². The SMILES string of the molecule is Cc1cc(F)c(C(C)C)nc1N(/C=C(\C=O)C(=O)O)c1ccc(F)cc1F. The summed E-state index contributed by atoms with van der Waals surface area (Å²) < 4.78 is 41.8. The topological polar surface area (TPSA) is 70.5 Å². The lowest BCUT2D eigenvalue weighted by molar-refractivity contribution is -0.133. The summed E-state index contributed by atoms with van der Waals surface area (Å²) in [6.07, 6.45) is 0.946. The third-order valence-electron chi connectivity index (χ3n) is 3.75. The molecule has 0 fully saturated rings. The number of nitrogens with zero attached hydrogens (tertiary/aromatic N) is 2. The van der Waals surface area contributed by atoms with Crippen LogP contribution in [0.2, 0.25) is 0 Å². The number of anilines is 2. The lowest BCUT2D eigenvalue weighted by Crippen LogP contribution is -2.18. The first-order valence-corrected chi connectivity index (χ1v) is 7.97. The summed E-state index contributed by atoms with van der Waals surface area (Å²) in [5, 5.41) is 9.13. The molecule has 1 aromatic carbocycles. The summed E-state index contributed by atoms with van der Waals surface area (Å²) in [7, 11) is 0. The van der Waals surface area contributed by atoms with Crippen LogP contribution < -0.4 is 4.90 Å². The highest BCUT2D eigenvalue weighted by Crippen LogP contribution is 2.32. The van der Waals surface area contributed by atoms with Gasteiger partial charge in [-0.05, 0) is 36.6 Å². The first-order chi connectivity index (χ1) is 12.6. The molecule has 5 nitrogen and oxygen atoms in total. The zero-order chi connectivity index (χ0) is 20.3. The van der Waals surface area contributed by atoms with Crippen molar-refractivity contribution in [2.45, 2.75) is 26.7 Å². The lowest BCUT2D eigenvalue weighted by atomic mass is 10.1. The van der Waals surface area contributed by atoms with E-state index in [9.17, 15) is 22.8 Å². The number of carboxylic acid groups (broad SMARTS) is 1. The zero-order valence-electron chi connectivity index (χ0n) is 14.8. The van der Waals surface area contributed by atoms with Crippen molar-refractivity contribution in [1.82, 2.24) is 4.98 Å². The second-order valence-corrected chi connectivity index (χ2v) is 6.12. The second-order valence-electron chi connectivity index (χ2n) is 6.12. The van der Waals surface area contributed by atoms with Gasteiger partial charge < -0.3 is 5.11 Å². The van der Waals surface area contributed by atoms with Crippen LogP contribution in [0.5, 0.6) is 0 Å². The highest BCUT2D eigenvalue weighted by atomic mass is 19.1. The molecule has 1 N–H and O–H groups in total. The molecule has 0 aliphatic heterocycles. The number of aryl methyl sites for hydroxylation is 1. The number of carboxylic acids is 1. The van der Waals surface area contributed by atoms with Crippen molar-refractivity contribution >= 4 is 23.8 Å². The molecule has 0 saturated carbocycles. The third kappa shape index (κ3) is 4.33. The molecular formula is C19H17F3N2O3. The molecule has 0 bridgehead atoms. The van der Waals surface area contributed by atoms with Crippen LogP contribution >= 0.6 is 0 Å². The standard InChI is InChI=1S/C19H17F3N2O3/c1-10(2)17-15(22)6-11(3)18(23-17)24(8-12(9-25)19(26)27)16-5-4-13(20)7-14(16)21/h4-10H,1-3H3,(H,26,27)/b12-8+. The van der Waals surface area contributed by atoms with Crippen LogP contribution in [0.1, 0.15) is 31.0 Å². The van der Waals surface area contributed by atoms with Crippen molar-refractivity contribution in [1.29, 1.82) is 0 Å². The molecule has 0 spiro atoms. The molecule has 2 aromatic rings. The number of rotatable bonds is 6. The first-order valence-electron chi connectivity index (χ1n) is 7.97. The minimum Gasteiger partial charge on any atom is -0.478 e. The lowest BCUT2D eigenvalue weighted by Gasteiger charge is -2.24. The Morgan fingerprint density at radius 3 is 2.37 bits per heavy atom. The number of aromatic nitrogens is 1. The predicted octanol–water partition coefficient (Wildman–Crippen LogP) is 4.24. The van der Waals surface area contributed by atoms with Crippen molar-refractivity contribution in [2.24, 2.45) is 0 Å². The summed E-state index contributed by atoms with van der Waals surface area (Å²) in [6.45, 7) is 4.91. The maximum Gasteiger partial charge on any atom is 0.340 e.